The van der Waals surface area contributed by atoms with Crippen LogP contribution in [0.15, 0.2) is 17.0 Å². The van der Waals surface area contributed by atoms with Crippen LogP contribution in [0.2, 0.25) is 5.02 Å². The fourth-order valence-electron chi connectivity index (χ4n) is 4.12. The first-order valence-electron chi connectivity index (χ1n) is 9.84. The molecule has 0 saturated carbocycles. The van der Waals surface area contributed by atoms with Gasteiger partial charge in [-0.1, -0.05) is 18.5 Å². The number of carbonyl (C=O) groups is 2. The van der Waals surface area contributed by atoms with Crippen LogP contribution in [-0.2, 0) is 19.6 Å². The minimum absolute atomic E-state index is 0.0144. The SMILES string of the molecule is CC1CCN(C(=O)C2CCCN2S(=O)(=O)c2cc3c(cc2Cl)NC(=O)CO3)CC1. The van der Waals surface area contributed by atoms with E-state index in [4.69, 9.17) is 16.3 Å². The monoisotopic (exact) mass is 441 g/mol. The lowest BCUT2D eigenvalue weighted by molar-refractivity contribution is -0.136. The van der Waals surface area contributed by atoms with Crippen molar-refractivity contribution in [2.24, 2.45) is 5.92 Å². The van der Waals surface area contributed by atoms with Crippen molar-refractivity contribution in [3.05, 3.63) is 17.2 Å². The number of sulfonamides is 1. The molecule has 1 aromatic carbocycles. The largest absolute Gasteiger partial charge is 0.482 e. The highest BCUT2D eigenvalue weighted by Gasteiger charge is 2.42. The number of benzene rings is 1. The second-order valence-corrected chi connectivity index (χ2v) is 10.2. The molecule has 0 radical (unpaired) electrons. The topological polar surface area (TPSA) is 96.0 Å². The minimum atomic E-state index is -4.00. The number of rotatable bonds is 3. The summed E-state index contributed by atoms with van der Waals surface area (Å²) in [5, 5.41) is 2.59. The molecule has 8 nitrogen and oxygen atoms in total. The Bertz CT molecular complexity index is 943. The molecule has 0 spiro atoms. The lowest BCUT2D eigenvalue weighted by Gasteiger charge is -2.34. The van der Waals surface area contributed by atoms with Gasteiger partial charge in [0.25, 0.3) is 5.91 Å². The third kappa shape index (κ3) is 3.83. The number of halogens is 1. The molecule has 3 heterocycles. The third-order valence-corrected chi connectivity index (χ3v) is 8.21. The van der Waals surface area contributed by atoms with Crippen LogP contribution >= 0.6 is 11.6 Å². The first-order valence-corrected chi connectivity index (χ1v) is 11.7. The second kappa shape index (κ2) is 7.77. The summed E-state index contributed by atoms with van der Waals surface area (Å²) >= 11 is 6.26. The highest BCUT2D eigenvalue weighted by atomic mass is 35.5. The van der Waals surface area contributed by atoms with Gasteiger partial charge in [-0.3, -0.25) is 9.59 Å². The Balaban J connectivity index is 1.61. The molecular formula is C19H24ClN3O5S. The average Bonchev–Trinajstić information content (AvgIpc) is 3.18. The lowest BCUT2D eigenvalue weighted by Crippen LogP contribution is -2.49. The number of nitrogens with one attached hydrogen (secondary N) is 1. The van der Waals surface area contributed by atoms with Gasteiger partial charge in [0.2, 0.25) is 15.9 Å². The quantitative estimate of drug-likeness (QED) is 0.774. The van der Waals surface area contributed by atoms with E-state index < -0.39 is 16.1 Å². The number of hydrogen-bond acceptors (Lipinski definition) is 5. The first kappa shape index (κ1) is 20.4. The number of hydrogen-bond donors (Lipinski definition) is 1. The molecule has 0 aliphatic carbocycles. The molecule has 4 rings (SSSR count). The molecule has 2 saturated heterocycles. The molecule has 1 aromatic rings. The maximum Gasteiger partial charge on any atom is 0.262 e. The van der Waals surface area contributed by atoms with Crippen LogP contribution in [0.4, 0.5) is 5.69 Å². The Hall–Kier alpha value is -1.84. The van der Waals surface area contributed by atoms with Crippen LogP contribution in [-0.4, -0.2) is 61.7 Å². The van der Waals surface area contributed by atoms with Crippen molar-refractivity contribution >= 4 is 39.1 Å². The van der Waals surface area contributed by atoms with Crippen molar-refractivity contribution in [2.75, 3.05) is 31.6 Å². The van der Waals surface area contributed by atoms with E-state index in [1.54, 1.807) is 4.90 Å². The van der Waals surface area contributed by atoms with Crippen molar-refractivity contribution in [2.45, 2.75) is 43.5 Å². The highest BCUT2D eigenvalue weighted by molar-refractivity contribution is 7.89. The van der Waals surface area contributed by atoms with Crippen LogP contribution in [0, 0.1) is 5.92 Å². The van der Waals surface area contributed by atoms with Gasteiger partial charge in [-0.2, -0.15) is 4.31 Å². The van der Waals surface area contributed by atoms with Gasteiger partial charge >= 0.3 is 0 Å². The molecule has 1 unspecified atom stereocenters. The molecular weight excluding hydrogens is 418 g/mol. The summed E-state index contributed by atoms with van der Waals surface area (Å²) in [6, 6.07) is 2.00. The standard InChI is InChI=1S/C19H24ClN3O5S/c1-12-4-7-22(8-5-12)19(25)15-3-2-6-23(15)29(26,27)17-10-16-14(9-13(17)20)21-18(24)11-28-16/h9-10,12,15H,2-8,11H2,1H3,(H,21,24). The Kier molecular flexibility index (Phi) is 5.48. The van der Waals surface area contributed by atoms with Crippen molar-refractivity contribution in [3.63, 3.8) is 0 Å². The number of fused-ring (bicyclic) bond motifs is 1. The number of anilines is 1. The molecule has 2 amide bonds. The molecule has 158 valence electrons. The van der Waals surface area contributed by atoms with Gasteiger partial charge in [-0.15, -0.1) is 0 Å². The maximum absolute atomic E-state index is 13.4. The summed E-state index contributed by atoms with van der Waals surface area (Å²) in [7, 11) is -4.00. The van der Waals surface area contributed by atoms with Gasteiger partial charge in [0.15, 0.2) is 6.61 Å². The highest BCUT2D eigenvalue weighted by Crippen LogP contribution is 2.38. The third-order valence-electron chi connectivity index (χ3n) is 5.84. The Morgan fingerprint density at radius 1 is 1.21 bits per heavy atom. The zero-order valence-electron chi connectivity index (χ0n) is 16.2. The van der Waals surface area contributed by atoms with Gasteiger partial charge < -0.3 is 15.0 Å². The average molecular weight is 442 g/mol. The van der Waals surface area contributed by atoms with E-state index in [2.05, 4.69) is 12.2 Å². The molecule has 2 fully saturated rings. The van der Waals surface area contributed by atoms with Crippen molar-refractivity contribution in [3.8, 4) is 5.75 Å². The maximum atomic E-state index is 13.4. The Morgan fingerprint density at radius 3 is 2.66 bits per heavy atom. The zero-order valence-corrected chi connectivity index (χ0v) is 17.8. The van der Waals surface area contributed by atoms with Crippen molar-refractivity contribution in [1.82, 2.24) is 9.21 Å². The summed E-state index contributed by atoms with van der Waals surface area (Å²) in [5.41, 5.74) is 0.335. The van der Waals surface area contributed by atoms with Gasteiger partial charge in [-0.25, -0.2) is 8.42 Å². The molecule has 10 heteroatoms. The molecule has 29 heavy (non-hydrogen) atoms. The predicted molar refractivity (Wildman–Crippen MR) is 107 cm³/mol. The number of likely N-dealkylation sites (tertiary alicyclic amines) is 1. The second-order valence-electron chi connectivity index (χ2n) is 7.90. The van der Waals surface area contributed by atoms with E-state index in [1.165, 1.54) is 16.4 Å². The van der Waals surface area contributed by atoms with Gasteiger partial charge in [-0.05, 0) is 37.7 Å². The molecule has 0 aromatic heterocycles. The Labute approximate surface area is 175 Å². The van der Waals surface area contributed by atoms with Gasteiger partial charge in [0.05, 0.1) is 10.7 Å². The molecule has 3 aliphatic heterocycles. The summed E-state index contributed by atoms with van der Waals surface area (Å²) < 4.78 is 33.4. The summed E-state index contributed by atoms with van der Waals surface area (Å²) in [6.45, 7) is 3.58. The molecule has 1 N–H and O–H groups in total. The summed E-state index contributed by atoms with van der Waals surface area (Å²) in [5.74, 6) is 0.373. The number of nitrogens with zero attached hydrogens (tertiary/aromatic N) is 2. The number of ether oxygens (including phenoxy) is 1. The summed E-state index contributed by atoms with van der Waals surface area (Å²) in [4.78, 5) is 26.2. The van der Waals surface area contributed by atoms with Crippen LogP contribution in [0.25, 0.3) is 0 Å². The molecule has 3 aliphatic rings. The minimum Gasteiger partial charge on any atom is -0.482 e. The van der Waals surface area contributed by atoms with Crippen LogP contribution in [0.5, 0.6) is 5.75 Å². The fourth-order valence-corrected chi connectivity index (χ4v) is 6.29. The smallest absolute Gasteiger partial charge is 0.262 e. The molecule has 0 bridgehead atoms. The van der Waals surface area contributed by atoms with E-state index in [1.807, 2.05) is 0 Å². The van der Waals surface area contributed by atoms with Gasteiger partial charge in [0.1, 0.15) is 16.7 Å². The van der Waals surface area contributed by atoms with Crippen LogP contribution in [0.1, 0.15) is 32.6 Å². The lowest BCUT2D eigenvalue weighted by atomic mass is 9.98. The van der Waals surface area contributed by atoms with E-state index in [9.17, 15) is 18.0 Å². The zero-order chi connectivity index (χ0) is 20.8. The number of piperidine rings is 1. The van der Waals surface area contributed by atoms with Crippen molar-refractivity contribution in [1.29, 1.82) is 0 Å². The van der Waals surface area contributed by atoms with E-state index >= 15 is 0 Å². The Morgan fingerprint density at radius 2 is 1.93 bits per heavy atom. The fraction of sp³-hybridized carbons (Fsp3) is 0.579. The van der Waals surface area contributed by atoms with Crippen molar-refractivity contribution < 1.29 is 22.7 Å². The van der Waals surface area contributed by atoms with Crippen LogP contribution < -0.4 is 10.1 Å². The van der Waals surface area contributed by atoms with Crippen LogP contribution in [0.3, 0.4) is 0 Å². The van der Waals surface area contributed by atoms with E-state index in [0.29, 0.717) is 37.5 Å². The normalized spacial score (nSPS) is 23.4. The molecule has 1 atom stereocenters. The summed E-state index contributed by atoms with van der Waals surface area (Å²) in [6.07, 6.45) is 2.99. The van der Waals surface area contributed by atoms with E-state index in [0.717, 1.165) is 12.8 Å². The van der Waals surface area contributed by atoms with Gasteiger partial charge in [0, 0.05) is 25.7 Å². The first-order chi connectivity index (χ1) is 13.8. The number of amides is 2. The van der Waals surface area contributed by atoms with E-state index in [-0.39, 0.29) is 40.6 Å². The predicted octanol–water partition coefficient (Wildman–Crippen LogP) is 2.08. The number of carbonyl (C=O) groups excluding carboxylic acids is 2.